The SMILES string of the molecule is CC(C)N1CC[C@@H](CO)C1. The fourth-order valence-corrected chi connectivity index (χ4v) is 1.48. The smallest absolute Gasteiger partial charge is 0.0471 e. The Morgan fingerprint density at radius 2 is 2.30 bits per heavy atom. The second kappa shape index (κ2) is 3.35. The summed E-state index contributed by atoms with van der Waals surface area (Å²) in [6, 6.07) is 0.650. The molecule has 0 aromatic heterocycles. The number of hydrogen-bond donors (Lipinski definition) is 1. The Bertz CT molecular complexity index is 103. The summed E-state index contributed by atoms with van der Waals surface area (Å²) in [5, 5.41) is 8.84. The molecule has 2 nitrogen and oxygen atoms in total. The second-order valence-corrected chi connectivity index (χ2v) is 3.43. The van der Waals surface area contributed by atoms with E-state index in [0.717, 1.165) is 6.54 Å². The van der Waals surface area contributed by atoms with Crippen molar-refractivity contribution in [1.29, 1.82) is 0 Å². The average Bonchev–Trinajstić information content (AvgIpc) is 2.34. The quantitative estimate of drug-likeness (QED) is 0.615. The molecule has 0 unspecified atom stereocenters. The molecule has 1 fully saturated rings. The Morgan fingerprint density at radius 1 is 1.60 bits per heavy atom. The zero-order valence-electron chi connectivity index (χ0n) is 6.88. The predicted molar refractivity (Wildman–Crippen MR) is 41.9 cm³/mol. The normalized spacial score (nSPS) is 28.2. The van der Waals surface area contributed by atoms with E-state index >= 15 is 0 Å². The monoisotopic (exact) mass is 143 g/mol. The van der Waals surface area contributed by atoms with E-state index in [9.17, 15) is 0 Å². The van der Waals surface area contributed by atoms with E-state index in [2.05, 4.69) is 18.7 Å². The van der Waals surface area contributed by atoms with Crippen LogP contribution in [0.1, 0.15) is 20.3 Å². The van der Waals surface area contributed by atoms with Crippen LogP contribution in [0.15, 0.2) is 0 Å². The molecule has 10 heavy (non-hydrogen) atoms. The molecule has 0 bridgehead atoms. The molecule has 0 saturated carbocycles. The van der Waals surface area contributed by atoms with Crippen molar-refractivity contribution in [2.45, 2.75) is 26.3 Å². The van der Waals surface area contributed by atoms with Gasteiger partial charge in [0.05, 0.1) is 0 Å². The molecule has 0 radical (unpaired) electrons. The minimum Gasteiger partial charge on any atom is -0.396 e. The van der Waals surface area contributed by atoms with Gasteiger partial charge in [0.15, 0.2) is 0 Å². The van der Waals surface area contributed by atoms with Crippen molar-refractivity contribution >= 4 is 0 Å². The molecule has 60 valence electrons. The summed E-state index contributed by atoms with van der Waals surface area (Å²) >= 11 is 0. The molecule has 1 atom stereocenters. The Kier molecular flexibility index (Phi) is 2.69. The topological polar surface area (TPSA) is 23.5 Å². The van der Waals surface area contributed by atoms with Crippen LogP contribution in [0.25, 0.3) is 0 Å². The zero-order valence-corrected chi connectivity index (χ0v) is 6.88. The van der Waals surface area contributed by atoms with Crippen molar-refractivity contribution in [3.05, 3.63) is 0 Å². The molecule has 1 rings (SSSR count). The van der Waals surface area contributed by atoms with Crippen LogP contribution in [-0.2, 0) is 0 Å². The van der Waals surface area contributed by atoms with Crippen molar-refractivity contribution in [3.8, 4) is 0 Å². The third-order valence-corrected chi connectivity index (χ3v) is 2.31. The first kappa shape index (κ1) is 8.02. The highest BCUT2D eigenvalue weighted by Crippen LogP contribution is 2.17. The van der Waals surface area contributed by atoms with E-state index in [-0.39, 0.29) is 0 Å². The largest absolute Gasteiger partial charge is 0.396 e. The summed E-state index contributed by atoms with van der Waals surface area (Å²) in [5.74, 6) is 0.544. The minimum atomic E-state index is 0.364. The lowest BCUT2D eigenvalue weighted by atomic mass is 10.1. The van der Waals surface area contributed by atoms with Gasteiger partial charge in [0, 0.05) is 19.2 Å². The van der Waals surface area contributed by atoms with Gasteiger partial charge in [0.2, 0.25) is 0 Å². The van der Waals surface area contributed by atoms with E-state index in [1.54, 1.807) is 0 Å². The maximum Gasteiger partial charge on any atom is 0.0471 e. The van der Waals surface area contributed by atoms with Crippen molar-refractivity contribution < 1.29 is 5.11 Å². The fraction of sp³-hybridized carbons (Fsp3) is 1.00. The molecule has 1 aliphatic heterocycles. The van der Waals surface area contributed by atoms with E-state index in [1.807, 2.05) is 0 Å². The first-order valence-corrected chi connectivity index (χ1v) is 4.09. The van der Waals surface area contributed by atoms with E-state index in [1.165, 1.54) is 13.0 Å². The summed E-state index contributed by atoms with van der Waals surface area (Å²) in [6.07, 6.45) is 1.18. The lowest BCUT2D eigenvalue weighted by Crippen LogP contribution is -2.28. The summed E-state index contributed by atoms with van der Waals surface area (Å²) in [7, 11) is 0. The van der Waals surface area contributed by atoms with Crippen molar-refractivity contribution in [3.63, 3.8) is 0 Å². The summed E-state index contributed by atoms with van der Waals surface area (Å²) in [5.41, 5.74) is 0. The van der Waals surface area contributed by atoms with Gasteiger partial charge in [-0.25, -0.2) is 0 Å². The highest BCUT2D eigenvalue weighted by molar-refractivity contribution is 4.76. The van der Waals surface area contributed by atoms with Crippen LogP contribution in [0.3, 0.4) is 0 Å². The zero-order chi connectivity index (χ0) is 7.56. The van der Waals surface area contributed by atoms with Crippen LogP contribution in [-0.4, -0.2) is 35.7 Å². The third-order valence-electron chi connectivity index (χ3n) is 2.31. The van der Waals surface area contributed by atoms with Gasteiger partial charge in [-0.05, 0) is 32.7 Å². The molecule has 2 heteroatoms. The second-order valence-electron chi connectivity index (χ2n) is 3.43. The minimum absolute atomic E-state index is 0.364. The van der Waals surface area contributed by atoms with Crippen LogP contribution in [0.2, 0.25) is 0 Å². The molecule has 1 aliphatic rings. The molecule has 1 N–H and O–H groups in total. The number of rotatable bonds is 2. The van der Waals surface area contributed by atoms with Gasteiger partial charge in [-0.15, -0.1) is 0 Å². The number of hydrogen-bond acceptors (Lipinski definition) is 2. The van der Waals surface area contributed by atoms with Gasteiger partial charge in [0.1, 0.15) is 0 Å². The lowest BCUT2D eigenvalue weighted by molar-refractivity contribution is 0.209. The summed E-state index contributed by atoms with van der Waals surface area (Å²) < 4.78 is 0. The Hall–Kier alpha value is -0.0800. The maximum absolute atomic E-state index is 8.84. The first-order chi connectivity index (χ1) is 4.74. The number of nitrogens with zero attached hydrogens (tertiary/aromatic N) is 1. The van der Waals surface area contributed by atoms with Crippen LogP contribution < -0.4 is 0 Å². The van der Waals surface area contributed by atoms with Gasteiger partial charge >= 0.3 is 0 Å². The van der Waals surface area contributed by atoms with E-state index in [0.29, 0.717) is 18.6 Å². The van der Waals surface area contributed by atoms with Crippen LogP contribution >= 0.6 is 0 Å². The summed E-state index contributed by atoms with van der Waals surface area (Å²) in [6.45, 7) is 7.04. The number of aliphatic hydroxyl groups excluding tert-OH is 1. The predicted octanol–water partition coefficient (Wildman–Crippen LogP) is 0.709. The number of likely N-dealkylation sites (tertiary alicyclic amines) is 1. The highest BCUT2D eigenvalue weighted by atomic mass is 16.3. The molecule has 0 spiro atoms. The van der Waals surface area contributed by atoms with Crippen molar-refractivity contribution in [1.82, 2.24) is 4.90 Å². The van der Waals surface area contributed by atoms with Crippen LogP contribution in [0.4, 0.5) is 0 Å². The number of aliphatic hydroxyl groups is 1. The first-order valence-electron chi connectivity index (χ1n) is 4.09. The van der Waals surface area contributed by atoms with E-state index < -0.39 is 0 Å². The van der Waals surface area contributed by atoms with E-state index in [4.69, 9.17) is 5.11 Å². The standard InChI is InChI=1S/C8H17NO/c1-7(2)9-4-3-8(5-9)6-10/h7-8,10H,3-6H2,1-2H3/t8-/m1/s1. The van der Waals surface area contributed by atoms with Crippen LogP contribution in [0.5, 0.6) is 0 Å². The van der Waals surface area contributed by atoms with Crippen molar-refractivity contribution in [2.75, 3.05) is 19.7 Å². The van der Waals surface area contributed by atoms with Gasteiger partial charge in [-0.3, -0.25) is 0 Å². The van der Waals surface area contributed by atoms with Gasteiger partial charge in [-0.2, -0.15) is 0 Å². The Labute approximate surface area is 62.8 Å². The Morgan fingerprint density at radius 3 is 2.60 bits per heavy atom. The molecule has 0 amide bonds. The lowest BCUT2D eigenvalue weighted by Gasteiger charge is -2.19. The van der Waals surface area contributed by atoms with Gasteiger partial charge in [-0.1, -0.05) is 0 Å². The highest BCUT2D eigenvalue weighted by Gasteiger charge is 2.22. The third kappa shape index (κ3) is 1.70. The maximum atomic E-state index is 8.84. The van der Waals surface area contributed by atoms with Crippen LogP contribution in [0, 0.1) is 5.92 Å². The molecule has 1 heterocycles. The molecular formula is C8H17NO. The Balaban J connectivity index is 2.28. The molecule has 0 aliphatic carbocycles. The molecule has 0 aromatic rings. The molecular weight excluding hydrogens is 126 g/mol. The average molecular weight is 143 g/mol. The summed E-state index contributed by atoms with van der Waals surface area (Å²) in [4.78, 5) is 2.42. The van der Waals surface area contributed by atoms with Crippen molar-refractivity contribution in [2.24, 2.45) is 5.92 Å². The molecule has 1 saturated heterocycles. The fourth-order valence-electron chi connectivity index (χ4n) is 1.48. The van der Waals surface area contributed by atoms with Gasteiger partial charge < -0.3 is 10.0 Å². The molecule has 0 aromatic carbocycles. The van der Waals surface area contributed by atoms with Gasteiger partial charge in [0.25, 0.3) is 0 Å².